The first kappa shape index (κ1) is 14.9. The molecule has 20 heavy (non-hydrogen) atoms. The van der Waals surface area contributed by atoms with Crippen molar-refractivity contribution < 1.29 is 19.4 Å². The lowest BCUT2D eigenvalue weighted by Gasteiger charge is -2.26. The molecule has 0 bridgehead atoms. The van der Waals surface area contributed by atoms with Gasteiger partial charge in [-0.1, -0.05) is 0 Å². The van der Waals surface area contributed by atoms with Gasteiger partial charge >= 0.3 is 5.97 Å². The Bertz CT molecular complexity index is 497. The average Bonchev–Trinajstić information content (AvgIpc) is 2.70. The Balaban J connectivity index is 2.12. The summed E-state index contributed by atoms with van der Waals surface area (Å²) in [5.74, 6) is -1.13. The van der Waals surface area contributed by atoms with Crippen molar-refractivity contribution in [3.63, 3.8) is 0 Å². The third kappa shape index (κ3) is 4.26. The lowest BCUT2D eigenvalue weighted by atomic mass is 10.2. The molecule has 2 rings (SSSR count). The molecule has 1 aliphatic rings. The van der Waals surface area contributed by atoms with Crippen LogP contribution in [0, 0.1) is 0 Å². The summed E-state index contributed by atoms with van der Waals surface area (Å²) in [6.45, 7) is 5.06. The minimum atomic E-state index is -0.923. The molecule has 0 radical (unpaired) electrons. The summed E-state index contributed by atoms with van der Waals surface area (Å²) in [7, 11) is 0. The van der Waals surface area contributed by atoms with Gasteiger partial charge in [0.1, 0.15) is 0 Å². The van der Waals surface area contributed by atoms with Crippen LogP contribution in [0.1, 0.15) is 17.5 Å². The van der Waals surface area contributed by atoms with Gasteiger partial charge in [0.15, 0.2) is 5.13 Å². The zero-order valence-electron chi connectivity index (χ0n) is 11.2. The number of carboxylic acids is 1. The van der Waals surface area contributed by atoms with Crippen molar-refractivity contribution in [2.45, 2.75) is 19.9 Å². The standard InChI is InChI=1S/C12H17N3O4S/c1-8(16)13-12-14-9(6-11(17)18)10(20-12)7-15-2-4-19-5-3-15/h2-7H2,1H3,(H,17,18)(H,13,14,16). The fourth-order valence-corrected chi connectivity index (χ4v) is 3.02. The van der Waals surface area contributed by atoms with Gasteiger partial charge in [-0.2, -0.15) is 0 Å². The van der Waals surface area contributed by atoms with Crippen LogP contribution >= 0.6 is 11.3 Å². The summed E-state index contributed by atoms with van der Waals surface area (Å²) >= 11 is 1.33. The van der Waals surface area contributed by atoms with Crippen LogP contribution in [0.2, 0.25) is 0 Å². The minimum absolute atomic E-state index is 0.129. The third-order valence-corrected chi connectivity index (χ3v) is 3.85. The molecular weight excluding hydrogens is 282 g/mol. The van der Waals surface area contributed by atoms with Gasteiger partial charge in [0, 0.05) is 31.4 Å². The highest BCUT2D eigenvalue weighted by atomic mass is 32.1. The molecule has 7 nitrogen and oxygen atoms in total. The number of amides is 1. The van der Waals surface area contributed by atoms with Gasteiger partial charge in [0.25, 0.3) is 0 Å². The summed E-state index contributed by atoms with van der Waals surface area (Å²) < 4.78 is 5.29. The number of aliphatic carboxylic acids is 1. The molecular formula is C12H17N3O4S. The molecule has 110 valence electrons. The van der Waals surface area contributed by atoms with E-state index >= 15 is 0 Å². The van der Waals surface area contributed by atoms with E-state index in [9.17, 15) is 9.59 Å². The maximum Gasteiger partial charge on any atom is 0.309 e. The number of morpholine rings is 1. The van der Waals surface area contributed by atoms with E-state index in [1.54, 1.807) is 0 Å². The van der Waals surface area contributed by atoms with Crippen LogP contribution in [0.15, 0.2) is 0 Å². The lowest BCUT2D eigenvalue weighted by molar-refractivity contribution is -0.136. The Morgan fingerprint density at radius 3 is 2.75 bits per heavy atom. The van der Waals surface area contributed by atoms with Crippen molar-refractivity contribution in [1.29, 1.82) is 0 Å². The first-order valence-electron chi connectivity index (χ1n) is 6.32. The summed E-state index contributed by atoms with van der Waals surface area (Å²) in [5, 5.41) is 12.0. The summed E-state index contributed by atoms with van der Waals surface area (Å²) in [6.07, 6.45) is -0.129. The first-order valence-corrected chi connectivity index (χ1v) is 7.14. The Labute approximate surface area is 120 Å². The summed E-state index contributed by atoms with van der Waals surface area (Å²) in [5.41, 5.74) is 0.526. The van der Waals surface area contributed by atoms with Crippen molar-refractivity contribution in [1.82, 2.24) is 9.88 Å². The molecule has 0 atom stereocenters. The number of carbonyl (C=O) groups is 2. The van der Waals surface area contributed by atoms with Crippen molar-refractivity contribution in [3.05, 3.63) is 10.6 Å². The second kappa shape index (κ2) is 6.78. The number of rotatable bonds is 5. The molecule has 0 spiro atoms. The maximum atomic E-state index is 11.1. The molecule has 2 heterocycles. The highest BCUT2D eigenvalue weighted by molar-refractivity contribution is 7.15. The number of carboxylic acid groups (broad SMARTS) is 1. The zero-order chi connectivity index (χ0) is 14.5. The van der Waals surface area contributed by atoms with E-state index in [0.717, 1.165) is 18.0 Å². The quantitative estimate of drug-likeness (QED) is 0.825. The largest absolute Gasteiger partial charge is 0.481 e. The van der Waals surface area contributed by atoms with Crippen molar-refractivity contribution in [2.75, 3.05) is 31.6 Å². The number of thiazole rings is 1. The highest BCUT2D eigenvalue weighted by Gasteiger charge is 2.18. The molecule has 8 heteroatoms. The molecule has 1 saturated heterocycles. The number of aromatic nitrogens is 1. The zero-order valence-corrected chi connectivity index (χ0v) is 12.0. The number of hydrogen-bond acceptors (Lipinski definition) is 6. The molecule has 1 aliphatic heterocycles. The Morgan fingerprint density at radius 2 is 2.15 bits per heavy atom. The summed E-state index contributed by atoms with van der Waals surface area (Å²) in [4.78, 5) is 29.2. The average molecular weight is 299 g/mol. The molecule has 0 aromatic carbocycles. The molecule has 0 unspecified atom stereocenters. The van der Waals surface area contributed by atoms with Crippen LogP contribution in [0.25, 0.3) is 0 Å². The molecule has 1 aromatic heterocycles. The van der Waals surface area contributed by atoms with E-state index in [4.69, 9.17) is 9.84 Å². The van der Waals surface area contributed by atoms with Crippen LogP contribution in [0.5, 0.6) is 0 Å². The van der Waals surface area contributed by atoms with E-state index in [2.05, 4.69) is 15.2 Å². The number of nitrogens with one attached hydrogen (secondary N) is 1. The molecule has 1 fully saturated rings. The lowest BCUT2D eigenvalue weighted by Crippen LogP contribution is -2.35. The Hall–Kier alpha value is -1.51. The van der Waals surface area contributed by atoms with Gasteiger partial charge in [-0.05, 0) is 0 Å². The predicted octanol–water partition coefficient (Wildman–Crippen LogP) is 0.561. The van der Waals surface area contributed by atoms with Gasteiger partial charge in [-0.25, -0.2) is 4.98 Å². The summed E-state index contributed by atoms with van der Waals surface area (Å²) in [6, 6.07) is 0. The van der Waals surface area contributed by atoms with E-state index in [1.165, 1.54) is 18.3 Å². The monoisotopic (exact) mass is 299 g/mol. The van der Waals surface area contributed by atoms with Crippen LogP contribution in [-0.4, -0.2) is 53.2 Å². The van der Waals surface area contributed by atoms with Gasteiger partial charge in [0.05, 0.1) is 25.3 Å². The fraction of sp³-hybridized carbons (Fsp3) is 0.583. The second-order valence-electron chi connectivity index (χ2n) is 4.53. The predicted molar refractivity (Wildman–Crippen MR) is 73.9 cm³/mol. The van der Waals surface area contributed by atoms with Gasteiger partial charge < -0.3 is 15.2 Å². The van der Waals surface area contributed by atoms with Crippen LogP contribution < -0.4 is 5.32 Å². The Morgan fingerprint density at radius 1 is 1.45 bits per heavy atom. The number of anilines is 1. The third-order valence-electron chi connectivity index (χ3n) is 2.85. The van der Waals surface area contributed by atoms with E-state index in [1.807, 2.05) is 0 Å². The molecule has 0 aliphatic carbocycles. The molecule has 0 saturated carbocycles. The number of ether oxygens (including phenoxy) is 1. The molecule has 1 aromatic rings. The van der Waals surface area contributed by atoms with E-state index in [-0.39, 0.29) is 12.3 Å². The number of nitrogens with zero attached hydrogens (tertiary/aromatic N) is 2. The first-order chi connectivity index (χ1) is 9.54. The normalized spacial score (nSPS) is 16.1. The topological polar surface area (TPSA) is 91.8 Å². The Kier molecular flexibility index (Phi) is 5.05. The SMILES string of the molecule is CC(=O)Nc1nc(CC(=O)O)c(CN2CCOCC2)s1. The van der Waals surface area contributed by atoms with Crippen LogP contribution in [0.3, 0.4) is 0 Å². The van der Waals surface area contributed by atoms with E-state index in [0.29, 0.717) is 30.6 Å². The molecule has 2 N–H and O–H groups in total. The van der Waals surface area contributed by atoms with Gasteiger partial charge in [-0.15, -0.1) is 11.3 Å². The van der Waals surface area contributed by atoms with E-state index < -0.39 is 5.97 Å². The van der Waals surface area contributed by atoms with Crippen molar-refractivity contribution in [3.8, 4) is 0 Å². The van der Waals surface area contributed by atoms with Crippen LogP contribution in [-0.2, 0) is 27.3 Å². The fourth-order valence-electron chi connectivity index (χ4n) is 1.95. The number of hydrogen-bond donors (Lipinski definition) is 2. The number of carbonyl (C=O) groups excluding carboxylic acids is 1. The van der Waals surface area contributed by atoms with Gasteiger partial charge in [-0.3, -0.25) is 14.5 Å². The maximum absolute atomic E-state index is 11.1. The minimum Gasteiger partial charge on any atom is -0.481 e. The van der Waals surface area contributed by atoms with Crippen LogP contribution in [0.4, 0.5) is 5.13 Å². The molecule has 1 amide bonds. The van der Waals surface area contributed by atoms with Crippen molar-refractivity contribution >= 4 is 28.3 Å². The van der Waals surface area contributed by atoms with Gasteiger partial charge in [0.2, 0.25) is 5.91 Å². The second-order valence-corrected chi connectivity index (χ2v) is 5.61. The smallest absolute Gasteiger partial charge is 0.309 e. The highest BCUT2D eigenvalue weighted by Crippen LogP contribution is 2.25. The van der Waals surface area contributed by atoms with Crippen molar-refractivity contribution in [2.24, 2.45) is 0 Å².